The van der Waals surface area contributed by atoms with Crippen molar-refractivity contribution in [2.75, 3.05) is 5.73 Å². The number of rotatable bonds is 0. The lowest BCUT2D eigenvalue weighted by atomic mass is 9.89. The van der Waals surface area contributed by atoms with Crippen LogP contribution in [0.2, 0.25) is 0 Å². The average molecular weight is 152 g/mol. The molecule has 1 heterocycles. The fourth-order valence-electron chi connectivity index (χ4n) is 1.61. The Balaban J connectivity index is 2.37. The van der Waals surface area contributed by atoms with Gasteiger partial charge in [0.25, 0.3) is 0 Å². The van der Waals surface area contributed by atoms with Crippen LogP contribution in [-0.2, 0) is 12.8 Å². The molecule has 0 spiro atoms. The molecule has 1 aromatic heterocycles. The predicted octanol–water partition coefficient (Wildman–Crippen LogP) is 1.38. The number of hydrogen-bond donors (Lipinski definition) is 1. The van der Waals surface area contributed by atoms with E-state index in [4.69, 9.17) is 10.3 Å². The van der Waals surface area contributed by atoms with Gasteiger partial charge in [-0.1, -0.05) is 12.1 Å². The van der Waals surface area contributed by atoms with E-state index in [0.717, 1.165) is 30.0 Å². The maximum absolute atomic E-state index is 5.59. The van der Waals surface area contributed by atoms with Gasteiger partial charge in [-0.25, -0.2) is 0 Å². The summed E-state index contributed by atoms with van der Waals surface area (Å²) in [6.45, 7) is 2.23. The van der Waals surface area contributed by atoms with Crippen LogP contribution in [-0.4, -0.2) is 5.16 Å². The molecule has 0 amide bonds. The fraction of sp³-hybridized carbons (Fsp3) is 0.625. The Labute approximate surface area is 65.6 Å². The summed E-state index contributed by atoms with van der Waals surface area (Å²) in [5.74, 6) is 1.25. The number of fused-ring (bicyclic) bond motifs is 1. The van der Waals surface area contributed by atoms with Gasteiger partial charge in [-0.3, -0.25) is 0 Å². The van der Waals surface area contributed by atoms with Crippen molar-refractivity contribution >= 4 is 5.88 Å². The van der Waals surface area contributed by atoms with Crippen LogP contribution in [0.5, 0.6) is 0 Å². The van der Waals surface area contributed by atoms with Gasteiger partial charge in [0, 0.05) is 5.56 Å². The third-order valence-electron chi connectivity index (χ3n) is 2.33. The lowest BCUT2D eigenvalue weighted by Gasteiger charge is -2.15. The van der Waals surface area contributed by atoms with Gasteiger partial charge in [0.2, 0.25) is 5.88 Å². The van der Waals surface area contributed by atoms with E-state index in [1.54, 1.807) is 0 Å². The smallest absolute Gasteiger partial charge is 0.225 e. The fourth-order valence-corrected chi connectivity index (χ4v) is 1.61. The van der Waals surface area contributed by atoms with Crippen LogP contribution in [0.25, 0.3) is 0 Å². The number of aromatic nitrogens is 1. The second-order valence-electron chi connectivity index (χ2n) is 3.32. The molecule has 0 fully saturated rings. The van der Waals surface area contributed by atoms with Gasteiger partial charge in [0.15, 0.2) is 0 Å². The third kappa shape index (κ3) is 1.00. The van der Waals surface area contributed by atoms with Crippen LogP contribution in [0, 0.1) is 5.92 Å². The molecule has 1 aliphatic rings. The zero-order valence-corrected chi connectivity index (χ0v) is 6.63. The molecule has 0 saturated heterocycles. The zero-order valence-electron chi connectivity index (χ0n) is 6.63. The number of nitrogen functional groups attached to an aromatic ring is 1. The van der Waals surface area contributed by atoms with Crippen molar-refractivity contribution in [1.29, 1.82) is 0 Å². The Morgan fingerprint density at radius 3 is 3.27 bits per heavy atom. The van der Waals surface area contributed by atoms with Gasteiger partial charge in [-0.15, -0.1) is 0 Å². The van der Waals surface area contributed by atoms with Gasteiger partial charge in [-0.2, -0.15) is 0 Å². The summed E-state index contributed by atoms with van der Waals surface area (Å²) < 4.78 is 4.89. The molecule has 2 N–H and O–H groups in total. The normalized spacial score (nSPS) is 23.2. The molecular formula is C8H12N2O. The standard InChI is InChI=1S/C8H12N2O/c1-5-2-3-7-6(4-5)8(9)11-10-7/h5H,2-4,9H2,1H3. The lowest BCUT2D eigenvalue weighted by Crippen LogP contribution is -2.11. The molecule has 1 unspecified atom stereocenters. The molecule has 1 atom stereocenters. The summed E-state index contributed by atoms with van der Waals surface area (Å²) >= 11 is 0. The van der Waals surface area contributed by atoms with Gasteiger partial charge in [-0.05, 0) is 25.2 Å². The summed E-state index contributed by atoms with van der Waals surface area (Å²) in [6, 6.07) is 0. The Morgan fingerprint density at radius 1 is 1.64 bits per heavy atom. The van der Waals surface area contributed by atoms with Crippen molar-refractivity contribution in [2.45, 2.75) is 26.2 Å². The highest BCUT2D eigenvalue weighted by Gasteiger charge is 2.21. The van der Waals surface area contributed by atoms with E-state index >= 15 is 0 Å². The summed E-state index contributed by atoms with van der Waals surface area (Å²) in [5.41, 5.74) is 7.81. The second kappa shape index (κ2) is 2.26. The highest BCUT2D eigenvalue weighted by atomic mass is 16.5. The van der Waals surface area contributed by atoms with Gasteiger partial charge >= 0.3 is 0 Å². The number of aryl methyl sites for hydroxylation is 1. The van der Waals surface area contributed by atoms with Crippen LogP contribution in [0.4, 0.5) is 5.88 Å². The summed E-state index contributed by atoms with van der Waals surface area (Å²) in [6.07, 6.45) is 3.26. The molecule has 11 heavy (non-hydrogen) atoms. The molecule has 1 aliphatic carbocycles. The van der Waals surface area contributed by atoms with Crippen LogP contribution in [0.3, 0.4) is 0 Å². The first-order valence-electron chi connectivity index (χ1n) is 4.00. The molecule has 3 heteroatoms. The van der Waals surface area contributed by atoms with Crippen molar-refractivity contribution < 1.29 is 4.52 Å². The molecule has 0 radical (unpaired) electrons. The SMILES string of the molecule is CC1CCc2noc(N)c2C1. The summed E-state index contributed by atoms with van der Waals surface area (Å²) in [4.78, 5) is 0. The van der Waals surface area contributed by atoms with E-state index in [1.807, 2.05) is 0 Å². The van der Waals surface area contributed by atoms with Crippen molar-refractivity contribution in [3.05, 3.63) is 11.3 Å². The van der Waals surface area contributed by atoms with Crippen molar-refractivity contribution in [2.24, 2.45) is 5.92 Å². The van der Waals surface area contributed by atoms with E-state index in [-0.39, 0.29) is 0 Å². The quantitative estimate of drug-likeness (QED) is 0.611. The second-order valence-corrected chi connectivity index (χ2v) is 3.32. The minimum absolute atomic E-state index is 0.520. The average Bonchev–Trinajstić information content (AvgIpc) is 2.33. The van der Waals surface area contributed by atoms with Crippen LogP contribution in [0.1, 0.15) is 24.6 Å². The summed E-state index contributed by atoms with van der Waals surface area (Å²) in [7, 11) is 0. The van der Waals surface area contributed by atoms with Gasteiger partial charge < -0.3 is 10.3 Å². The van der Waals surface area contributed by atoms with Gasteiger partial charge in [0.1, 0.15) is 0 Å². The Bertz CT molecular complexity index is 267. The van der Waals surface area contributed by atoms with Crippen LogP contribution >= 0.6 is 0 Å². The van der Waals surface area contributed by atoms with E-state index in [1.165, 1.54) is 6.42 Å². The zero-order chi connectivity index (χ0) is 7.84. The molecule has 0 bridgehead atoms. The molecule has 2 rings (SSSR count). The molecule has 0 saturated carbocycles. The van der Waals surface area contributed by atoms with Crippen LogP contribution < -0.4 is 5.73 Å². The number of anilines is 1. The van der Waals surface area contributed by atoms with E-state index in [0.29, 0.717) is 5.88 Å². The number of nitrogens with two attached hydrogens (primary N) is 1. The van der Waals surface area contributed by atoms with Crippen molar-refractivity contribution in [3.8, 4) is 0 Å². The minimum atomic E-state index is 0.520. The van der Waals surface area contributed by atoms with Crippen molar-refractivity contribution in [1.82, 2.24) is 5.16 Å². The first kappa shape index (κ1) is 6.70. The largest absolute Gasteiger partial charge is 0.367 e. The maximum atomic E-state index is 5.59. The molecule has 1 aromatic rings. The van der Waals surface area contributed by atoms with Crippen LogP contribution in [0.15, 0.2) is 4.52 Å². The van der Waals surface area contributed by atoms with E-state index in [2.05, 4.69) is 12.1 Å². The Morgan fingerprint density at radius 2 is 2.45 bits per heavy atom. The third-order valence-corrected chi connectivity index (χ3v) is 2.33. The minimum Gasteiger partial charge on any atom is -0.367 e. The lowest BCUT2D eigenvalue weighted by molar-refractivity contribution is 0.423. The molecule has 60 valence electrons. The number of nitrogens with zero attached hydrogens (tertiary/aromatic N) is 1. The van der Waals surface area contributed by atoms with E-state index in [9.17, 15) is 0 Å². The summed E-state index contributed by atoms with van der Waals surface area (Å²) in [5, 5.41) is 3.89. The topological polar surface area (TPSA) is 52.0 Å². The molecule has 0 aromatic carbocycles. The maximum Gasteiger partial charge on any atom is 0.225 e. The monoisotopic (exact) mass is 152 g/mol. The highest BCUT2D eigenvalue weighted by molar-refractivity contribution is 5.40. The Hall–Kier alpha value is -0.990. The van der Waals surface area contributed by atoms with Gasteiger partial charge in [0.05, 0.1) is 5.69 Å². The molecule has 0 aliphatic heterocycles. The van der Waals surface area contributed by atoms with Crippen molar-refractivity contribution in [3.63, 3.8) is 0 Å². The number of hydrogen-bond acceptors (Lipinski definition) is 3. The first-order valence-corrected chi connectivity index (χ1v) is 4.00. The highest BCUT2D eigenvalue weighted by Crippen LogP contribution is 2.28. The van der Waals surface area contributed by atoms with E-state index < -0.39 is 0 Å². The predicted molar refractivity (Wildman–Crippen MR) is 42.1 cm³/mol. The first-order chi connectivity index (χ1) is 5.27. The molecular weight excluding hydrogens is 140 g/mol. The Kier molecular flexibility index (Phi) is 1.37. The molecule has 3 nitrogen and oxygen atoms in total.